The van der Waals surface area contributed by atoms with Crippen molar-refractivity contribution in [2.24, 2.45) is 0 Å². The average molecular weight is 431 g/mol. The van der Waals surface area contributed by atoms with Crippen LogP contribution >= 0.6 is 11.3 Å². The summed E-state index contributed by atoms with van der Waals surface area (Å²) in [5.74, 6) is 0.0181. The van der Waals surface area contributed by atoms with Gasteiger partial charge in [0.25, 0.3) is 11.8 Å². The van der Waals surface area contributed by atoms with E-state index in [0.717, 1.165) is 10.4 Å². The maximum atomic E-state index is 13.5. The monoisotopic (exact) mass is 430 g/mol. The minimum Gasteiger partial charge on any atom is -0.496 e. The van der Waals surface area contributed by atoms with Crippen LogP contribution in [0.25, 0.3) is 5.57 Å². The normalized spacial score (nSPS) is 14.0. The summed E-state index contributed by atoms with van der Waals surface area (Å²) >= 11 is 1.44. The quantitative estimate of drug-likeness (QED) is 0.511. The summed E-state index contributed by atoms with van der Waals surface area (Å²) < 4.78 is 15.8. The number of thiophene rings is 1. The number of hydrogen-bond acceptors (Lipinski definition) is 7. The van der Waals surface area contributed by atoms with E-state index >= 15 is 0 Å². The zero-order chi connectivity index (χ0) is 21.5. The maximum Gasteiger partial charge on any atom is 0.278 e. The van der Waals surface area contributed by atoms with Crippen LogP contribution in [0.3, 0.4) is 0 Å². The average Bonchev–Trinajstić information content (AvgIpc) is 3.37. The summed E-state index contributed by atoms with van der Waals surface area (Å²) in [6, 6.07) is 11.1. The molecule has 1 aromatic carbocycles. The number of carbonyl (C=O) groups is 2. The van der Waals surface area contributed by atoms with E-state index in [-0.39, 0.29) is 18.4 Å². The van der Waals surface area contributed by atoms with Gasteiger partial charge in [-0.25, -0.2) is 0 Å². The molecular weight excluding hydrogens is 404 g/mol. The lowest BCUT2D eigenvalue weighted by Crippen LogP contribution is -2.37. The van der Waals surface area contributed by atoms with Crippen molar-refractivity contribution >= 4 is 28.7 Å². The van der Waals surface area contributed by atoms with Gasteiger partial charge in [-0.15, -0.1) is 11.3 Å². The number of amides is 2. The summed E-state index contributed by atoms with van der Waals surface area (Å²) in [4.78, 5) is 30.8. The third-order valence-corrected chi connectivity index (χ3v) is 5.77. The number of carbonyl (C=O) groups excluding carboxylic acids is 2. The van der Waals surface area contributed by atoms with Crippen molar-refractivity contribution in [2.75, 3.05) is 47.6 Å². The third-order valence-electron chi connectivity index (χ3n) is 4.88. The summed E-state index contributed by atoms with van der Waals surface area (Å²) in [5, 5.41) is 1.90. The predicted octanol–water partition coefficient (Wildman–Crippen LogP) is 2.63. The number of para-hydroxylation sites is 1. The van der Waals surface area contributed by atoms with Gasteiger partial charge in [-0.2, -0.15) is 0 Å². The van der Waals surface area contributed by atoms with Gasteiger partial charge in [-0.1, -0.05) is 24.3 Å². The molecule has 0 unspecified atom stereocenters. The highest BCUT2D eigenvalue weighted by molar-refractivity contribution is 7.11. The Morgan fingerprint density at radius 1 is 0.933 bits per heavy atom. The zero-order valence-electron chi connectivity index (χ0n) is 17.4. The van der Waals surface area contributed by atoms with E-state index in [1.807, 2.05) is 46.7 Å². The minimum absolute atomic E-state index is 0.141. The third kappa shape index (κ3) is 4.56. The molecule has 2 amide bonds. The van der Waals surface area contributed by atoms with Crippen LogP contribution in [0.4, 0.5) is 0 Å². The van der Waals surface area contributed by atoms with E-state index < -0.39 is 0 Å². The Morgan fingerprint density at radius 3 is 2.23 bits per heavy atom. The summed E-state index contributed by atoms with van der Waals surface area (Å²) in [6.07, 6.45) is 0. The van der Waals surface area contributed by atoms with Crippen molar-refractivity contribution in [1.29, 1.82) is 0 Å². The van der Waals surface area contributed by atoms with Crippen molar-refractivity contribution in [1.82, 2.24) is 9.80 Å². The molecule has 2 aromatic rings. The first-order chi connectivity index (χ1) is 14.6. The Labute approximate surface area is 180 Å². The highest BCUT2D eigenvalue weighted by Crippen LogP contribution is 2.35. The van der Waals surface area contributed by atoms with E-state index in [9.17, 15) is 9.59 Å². The Balaban J connectivity index is 1.99. The molecule has 3 rings (SSSR count). The van der Waals surface area contributed by atoms with E-state index in [1.165, 1.54) is 16.2 Å². The van der Waals surface area contributed by atoms with E-state index in [1.54, 1.807) is 21.3 Å². The number of ether oxygens (including phenoxy) is 3. The predicted molar refractivity (Wildman–Crippen MR) is 115 cm³/mol. The molecule has 2 heterocycles. The van der Waals surface area contributed by atoms with Crippen LogP contribution in [0.1, 0.15) is 10.4 Å². The lowest BCUT2D eigenvalue weighted by atomic mass is 10.1. The molecule has 0 saturated carbocycles. The van der Waals surface area contributed by atoms with Crippen molar-refractivity contribution in [3.05, 3.63) is 57.9 Å². The number of benzene rings is 1. The molecule has 0 radical (unpaired) electrons. The fourth-order valence-corrected chi connectivity index (χ4v) is 4.15. The second-order valence-corrected chi connectivity index (χ2v) is 7.63. The molecule has 0 fully saturated rings. The second kappa shape index (κ2) is 10.4. The standard InChI is InChI=1S/C22H26N2O5S/c1-27-12-10-23(11-13-28-2)20-19(18-9-6-14-30-18)21(25)24(22(20)26)15-16-7-4-5-8-17(16)29-3/h4-9,14H,10-13,15H2,1-3H3. The SMILES string of the molecule is COCCN(CCOC)C1=C(c2cccs2)C(=O)N(Cc2ccccc2OC)C1=O. The number of nitrogens with zero attached hydrogens (tertiary/aromatic N) is 2. The van der Waals surface area contributed by atoms with Crippen molar-refractivity contribution in [3.63, 3.8) is 0 Å². The largest absolute Gasteiger partial charge is 0.496 e. The molecule has 0 bridgehead atoms. The van der Waals surface area contributed by atoms with Crippen LogP contribution in [0.5, 0.6) is 5.75 Å². The Bertz CT molecular complexity index is 902. The minimum atomic E-state index is -0.318. The van der Waals surface area contributed by atoms with Crippen molar-refractivity contribution < 1.29 is 23.8 Å². The first-order valence-electron chi connectivity index (χ1n) is 9.61. The van der Waals surface area contributed by atoms with Crippen LogP contribution in [-0.4, -0.2) is 69.2 Å². The van der Waals surface area contributed by atoms with Gasteiger partial charge in [0.05, 0.1) is 32.4 Å². The molecule has 0 spiro atoms. The topological polar surface area (TPSA) is 68.3 Å². The van der Waals surface area contributed by atoms with Crippen molar-refractivity contribution in [3.8, 4) is 5.75 Å². The molecule has 8 heteroatoms. The molecule has 0 saturated heterocycles. The van der Waals surface area contributed by atoms with E-state index in [2.05, 4.69) is 0 Å². The van der Waals surface area contributed by atoms with Gasteiger partial charge in [0.15, 0.2) is 0 Å². The lowest BCUT2D eigenvalue weighted by Gasteiger charge is -2.25. The van der Waals surface area contributed by atoms with Gasteiger partial charge >= 0.3 is 0 Å². The van der Waals surface area contributed by atoms with Crippen molar-refractivity contribution in [2.45, 2.75) is 6.54 Å². The van der Waals surface area contributed by atoms with Crippen LogP contribution in [-0.2, 0) is 25.6 Å². The molecule has 0 N–H and O–H groups in total. The number of imide groups is 1. The van der Waals surface area contributed by atoms with Gasteiger partial charge < -0.3 is 19.1 Å². The van der Waals surface area contributed by atoms with Gasteiger partial charge in [0, 0.05) is 37.7 Å². The Kier molecular flexibility index (Phi) is 7.62. The molecular formula is C22H26N2O5S. The first-order valence-corrected chi connectivity index (χ1v) is 10.5. The second-order valence-electron chi connectivity index (χ2n) is 6.68. The number of hydrogen-bond donors (Lipinski definition) is 0. The molecule has 1 aromatic heterocycles. The fourth-order valence-electron chi connectivity index (χ4n) is 3.39. The summed E-state index contributed by atoms with van der Waals surface area (Å²) in [5.41, 5.74) is 1.59. The van der Waals surface area contributed by atoms with Gasteiger partial charge in [-0.05, 0) is 17.5 Å². The molecule has 0 aliphatic carbocycles. The molecule has 1 aliphatic heterocycles. The van der Waals surface area contributed by atoms with Crippen LogP contribution in [0, 0.1) is 0 Å². The zero-order valence-corrected chi connectivity index (χ0v) is 18.2. The molecule has 1 aliphatic rings. The Hall–Kier alpha value is -2.68. The summed E-state index contributed by atoms with van der Waals surface area (Å²) in [7, 11) is 4.79. The molecule has 30 heavy (non-hydrogen) atoms. The molecule has 0 atom stereocenters. The number of rotatable bonds is 11. The van der Waals surface area contributed by atoms with Crippen LogP contribution < -0.4 is 4.74 Å². The van der Waals surface area contributed by atoms with Crippen LogP contribution in [0.2, 0.25) is 0 Å². The smallest absolute Gasteiger partial charge is 0.278 e. The maximum absolute atomic E-state index is 13.5. The first kappa shape index (κ1) is 22.0. The molecule has 7 nitrogen and oxygen atoms in total. The highest BCUT2D eigenvalue weighted by atomic mass is 32.1. The molecule has 160 valence electrons. The highest BCUT2D eigenvalue weighted by Gasteiger charge is 2.42. The Morgan fingerprint density at radius 2 is 1.63 bits per heavy atom. The van der Waals surface area contributed by atoms with E-state index in [4.69, 9.17) is 14.2 Å². The van der Waals surface area contributed by atoms with E-state index in [0.29, 0.717) is 43.3 Å². The fraction of sp³-hybridized carbons (Fsp3) is 0.364. The van der Waals surface area contributed by atoms with Gasteiger partial charge in [-0.3, -0.25) is 14.5 Å². The number of methoxy groups -OCH3 is 3. The van der Waals surface area contributed by atoms with Gasteiger partial charge in [0.2, 0.25) is 0 Å². The van der Waals surface area contributed by atoms with Gasteiger partial charge in [0.1, 0.15) is 11.4 Å². The lowest BCUT2D eigenvalue weighted by molar-refractivity contribution is -0.138. The summed E-state index contributed by atoms with van der Waals surface area (Å²) in [6.45, 7) is 1.96. The van der Waals surface area contributed by atoms with Crippen LogP contribution in [0.15, 0.2) is 47.5 Å².